The maximum absolute atomic E-state index is 4.93. The van der Waals surface area contributed by atoms with E-state index in [0.29, 0.717) is 0 Å². The van der Waals surface area contributed by atoms with E-state index in [2.05, 4.69) is 0 Å². The zero-order valence-electron chi connectivity index (χ0n) is 4.57. The number of hydrogen-bond donors (Lipinski definition) is 0. The van der Waals surface area contributed by atoms with Crippen LogP contribution in [0.25, 0.3) is 0 Å². The Balaban J connectivity index is 0. The number of rotatable bonds is 1. The van der Waals surface area contributed by atoms with E-state index in [-0.39, 0.29) is 0 Å². The second kappa shape index (κ2) is 15.7. The minimum atomic E-state index is -0.826. The maximum atomic E-state index is 4.93. The van der Waals surface area contributed by atoms with E-state index in [4.69, 9.17) is 23.6 Å². The van der Waals surface area contributed by atoms with Gasteiger partial charge >= 0.3 is 37.9 Å². The molecule has 0 amide bonds. The summed E-state index contributed by atoms with van der Waals surface area (Å²) in [5.74, 6) is 0. The zero-order chi connectivity index (χ0) is 6.83. The number of allylic oxidation sites excluding steroid dienone is 3. The molecule has 0 aliphatic carbocycles. The molecule has 0 nitrogen and oxygen atoms in total. The van der Waals surface area contributed by atoms with Crippen molar-refractivity contribution in [2.24, 2.45) is 0 Å². The molecule has 0 atom stereocenters. The van der Waals surface area contributed by atoms with Crippen LogP contribution in [0.2, 0.25) is 0 Å². The number of hydrogen-bond acceptors (Lipinski definition) is 0. The van der Waals surface area contributed by atoms with E-state index in [9.17, 15) is 0 Å². The van der Waals surface area contributed by atoms with Gasteiger partial charge in [-0.2, -0.15) is 6.08 Å². The summed E-state index contributed by atoms with van der Waals surface area (Å²) in [7, 11) is 9.87. The van der Waals surface area contributed by atoms with Crippen molar-refractivity contribution >= 4 is 17.0 Å². The Bertz CT molecular complexity index is 61.4. The number of halogens is 2. The molecular formula is C5H7Cl2Zr-. The summed E-state index contributed by atoms with van der Waals surface area (Å²) in [4.78, 5) is 0. The predicted molar refractivity (Wildman–Crippen MR) is 35.4 cm³/mol. The molecule has 0 aromatic rings. The van der Waals surface area contributed by atoms with Crippen LogP contribution in [0, 0.1) is 6.58 Å². The normalized spacial score (nSPS) is 7.38. The summed E-state index contributed by atoms with van der Waals surface area (Å²) in [6, 6.07) is 0. The molecule has 0 heterocycles. The Labute approximate surface area is 69.2 Å². The molecule has 0 aromatic carbocycles. The van der Waals surface area contributed by atoms with Gasteiger partial charge in [0.1, 0.15) is 0 Å². The molecule has 8 heavy (non-hydrogen) atoms. The van der Waals surface area contributed by atoms with Crippen LogP contribution in [0.15, 0.2) is 18.2 Å². The Morgan fingerprint density at radius 1 is 1.50 bits per heavy atom. The van der Waals surface area contributed by atoms with Gasteiger partial charge in [-0.25, -0.2) is 12.2 Å². The van der Waals surface area contributed by atoms with Crippen LogP contribution in [0.1, 0.15) is 6.92 Å². The van der Waals surface area contributed by atoms with E-state index in [1.807, 2.05) is 13.0 Å². The molecule has 0 aliphatic rings. The second-order valence-electron chi connectivity index (χ2n) is 0.790. The molecule has 0 N–H and O–H groups in total. The van der Waals surface area contributed by atoms with Gasteiger partial charge in [-0.1, -0.05) is 6.92 Å². The van der Waals surface area contributed by atoms with Crippen LogP contribution in [0.4, 0.5) is 0 Å². The van der Waals surface area contributed by atoms with E-state index in [0.717, 1.165) is 0 Å². The van der Waals surface area contributed by atoms with Crippen molar-refractivity contribution in [3.05, 3.63) is 24.8 Å². The van der Waals surface area contributed by atoms with Crippen LogP contribution in [-0.4, -0.2) is 0 Å². The van der Waals surface area contributed by atoms with Crippen LogP contribution in [0.3, 0.4) is 0 Å². The Hall–Kier alpha value is 0.943. The fraction of sp³-hybridized carbons (Fsp3) is 0.200. The van der Waals surface area contributed by atoms with Gasteiger partial charge < -0.3 is 0 Å². The third kappa shape index (κ3) is 28.3. The summed E-state index contributed by atoms with van der Waals surface area (Å²) < 4.78 is 0. The first-order chi connectivity index (χ1) is 3.83. The fourth-order valence-electron chi connectivity index (χ4n) is 0.111. The molecule has 0 fully saturated rings. The zero-order valence-corrected chi connectivity index (χ0v) is 8.54. The summed E-state index contributed by atoms with van der Waals surface area (Å²) in [5.41, 5.74) is 0. The van der Waals surface area contributed by atoms with Gasteiger partial charge in [0.2, 0.25) is 0 Å². The first-order valence-corrected chi connectivity index (χ1v) is 8.29. The SMILES string of the molecule is [CH-]=CC=CC.[Cl][Zr][Cl]. The van der Waals surface area contributed by atoms with Gasteiger partial charge in [-0.15, -0.1) is 0 Å². The van der Waals surface area contributed by atoms with Crippen molar-refractivity contribution in [3.8, 4) is 0 Å². The summed E-state index contributed by atoms with van der Waals surface area (Å²) in [5, 5.41) is 0. The quantitative estimate of drug-likeness (QED) is 0.479. The molecule has 3 heteroatoms. The average Bonchev–Trinajstić information content (AvgIpc) is 1.71. The van der Waals surface area contributed by atoms with Crippen molar-refractivity contribution in [3.63, 3.8) is 0 Å². The van der Waals surface area contributed by atoms with Crippen molar-refractivity contribution in [2.75, 3.05) is 0 Å². The Kier molecular flexibility index (Phi) is 22.9. The molecule has 0 unspecified atom stereocenters. The molecule has 0 saturated heterocycles. The molecule has 0 aliphatic heterocycles. The van der Waals surface area contributed by atoms with Gasteiger partial charge in [-0.05, 0) is 0 Å². The van der Waals surface area contributed by atoms with Crippen LogP contribution in [-0.2, 0) is 20.8 Å². The van der Waals surface area contributed by atoms with Crippen molar-refractivity contribution in [2.45, 2.75) is 6.92 Å². The Morgan fingerprint density at radius 3 is 1.88 bits per heavy atom. The van der Waals surface area contributed by atoms with Gasteiger partial charge in [0.15, 0.2) is 0 Å². The molecule has 46 valence electrons. The molecule has 0 bridgehead atoms. The molecule has 0 saturated carbocycles. The summed E-state index contributed by atoms with van der Waals surface area (Å²) in [6.07, 6.45) is 5.15. The van der Waals surface area contributed by atoms with Crippen molar-refractivity contribution < 1.29 is 20.8 Å². The van der Waals surface area contributed by atoms with E-state index in [1.165, 1.54) is 6.08 Å². The topological polar surface area (TPSA) is 0 Å². The van der Waals surface area contributed by atoms with E-state index < -0.39 is 20.8 Å². The summed E-state index contributed by atoms with van der Waals surface area (Å²) >= 11 is -0.826. The predicted octanol–water partition coefficient (Wildman–Crippen LogP) is 2.93. The standard InChI is InChI=1S/C5H7.2ClH.Zr/c1-3-5-4-2;;;/h1,3-5H,2H3;2*1H;/q-1;;;+2/p-2. The van der Waals surface area contributed by atoms with Gasteiger partial charge in [-0.3, -0.25) is 6.58 Å². The average molecular weight is 229 g/mol. The first-order valence-electron chi connectivity index (χ1n) is 1.96. The molecule has 0 aromatic heterocycles. The molecule has 0 rings (SSSR count). The Morgan fingerprint density at radius 2 is 1.88 bits per heavy atom. The van der Waals surface area contributed by atoms with Crippen LogP contribution < -0.4 is 0 Å². The third-order valence-electron chi connectivity index (χ3n) is 0.304. The molecular weight excluding hydrogens is 222 g/mol. The van der Waals surface area contributed by atoms with Crippen molar-refractivity contribution in [1.82, 2.24) is 0 Å². The molecule has 0 spiro atoms. The van der Waals surface area contributed by atoms with Gasteiger partial charge in [0, 0.05) is 0 Å². The van der Waals surface area contributed by atoms with Gasteiger partial charge in [0.25, 0.3) is 0 Å². The van der Waals surface area contributed by atoms with E-state index >= 15 is 0 Å². The monoisotopic (exact) mass is 227 g/mol. The van der Waals surface area contributed by atoms with Crippen LogP contribution >= 0.6 is 17.0 Å². The summed E-state index contributed by atoms with van der Waals surface area (Å²) in [6.45, 7) is 6.85. The van der Waals surface area contributed by atoms with Gasteiger partial charge in [0.05, 0.1) is 0 Å². The second-order valence-corrected chi connectivity index (χ2v) is 4.52. The van der Waals surface area contributed by atoms with Crippen molar-refractivity contribution in [1.29, 1.82) is 0 Å². The first kappa shape index (κ1) is 11.7. The third-order valence-corrected chi connectivity index (χ3v) is 0.304. The van der Waals surface area contributed by atoms with E-state index in [1.54, 1.807) is 6.08 Å². The molecule has 0 radical (unpaired) electrons. The minimum absolute atomic E-state index is 0.826. The fourth-order valence-corrected chi connectivity index (χ4v) is 0.111. The van der Waals surface area contributed by atoms with Crippen LogP contribution in [0.5, 0.6) is 0 Å².